The summed E-state index contributed by atoms with van der Waals surface area (Å²) in [6.45, 7) is 5.97. The molecule has 1 rings (SSSR count). The molecule has 1 aliphatic heterocycles. The van der Waals surface area contributed by atoms with Crippen LogP contribution in [0.3, 0.4) is 0 Å². The van der Waals surface area contributed by atoms with Crippen LogP contribution in [-0.2, 0) is 4.79 Å². The van der Waals surface area contributed by atoms with Crippen LogP contribution in [0.2, 0.25) is 0 Å². The lowest BCUT2D eigenvalue weighted by Gasteiger charge is -2.29. The number of rotatable bonds is 5. The fourth-order valence-electron chi connectivity index (χ4n) is 2.39. The Morgan fingerprint density at radius 2 is 2.17 bits per heavy atom. The molecule has 6 heteroatoms. The van der Waals surface area contributed by atoms with Gasteiger partial charge in [-0.1, -0.05) is 0 Å². The summed E-state index contributed by atoms with van der Waals surface area (Å²) in [6.07, 6.45) is 2.20. The van der Waals surface area contributed by atoms with Gasteiger partial charge in [0.15, 0.2) is 0 Å². The molecule has 6 nitrogen and oxygen atoms in total. The third-order valence-electron chi connectivity index (χ3n) is 3.31. The van der Waals surface area contributed by atoms with Gasteiger partial charge in [0.05, 0.1) is 6.04 Å². The van der Waals surface area contributed by atoms with Gasteiger partial charge >= 0.3 is 6.03 Å². The maximum absolute atomic E-state index is 11.9. The minimum Gasteiger partial charge on any atom is -0.338 e. The molecule has 1 saturated heterocycles. The van der Waals surface area contributed by atoms with Crippen molar-refractivity contribution in [1.29, 1.82) is 0 Å². The molecule has 0 spiro atoms. The molecule has 2 atom stereocenters. The first-order chi connectivity index (χ1) is 8.60. The van der Waals surface area contributed by atoms with E-state index in [0.29, 0.717) is 12.6 Å². The number of nitrogens with one attached hydrogen (secondary N) is 3. The summed E-state index contributed by atoms with van der Waals surface area (Å²) < 4.78 is 0. The third-order valence-corrected chi connectivity index (χ3v) is 3.31. The predicted octanol–water partition coefficient (Wildman–Crippen LogP) is -0.0956. The van der Waals surface area contributed by atoms with E-state index in [1.165, 1.54) is 0 Å². The number of carbonyl (C=O) groups excluding carboxylic acids is 2. The third kappa shape index (κ3) is 3.96. The number of likely N-dealkylation sites (tertiary alicyclic amines) is 1. The van der Waals surface area contributed by atoms with Gasteiger partial charge < -0.3 is 10.6 Å². The lowest BCUT2D eigenvalue weighted by atomic mass is 10.2. The van der Waals surface area contributed by atoms with Crippen molar-refractivity contribution in [1.82, 2.24) is 20.9 Å². The minimum absolute atomic E-state index is 0.232. The van der Waals surface area contributed by atoms with Crippen LogP contribution in [0.5, 0.6) is 0 Å². The van der Waals surface area contributed by atoms with Crippen molar-refractivity contribution in [3.8, 4) is 0 Å². The molecule has 0 bridgehead atoms. The first-order valence-corrected chi connectivity index (χ1v) is 6.59. The first kappa shape index (κ1) is 14.9. The molecule has 3 amide bonds. The average molecular weight is 256 g/mol. The topological polar surface area (TPSA) is 73.5 Å². The Kier molecular flexibility index (Phi) is 6.07. The highest BCUT2D eigenvalue weighted by Crippen LogP contribution is 2.19. The maximum atomic E-state index is 11.9. The van der Waals surface area contributed by atoms with E-state index >= 15 is 0 Å². The van der Waals surface area contributed by atoms with Crippen molar-refractivity contribution in [2.75, 3.05) is 26.7 Å². The lowest BCUT2D eigenvalue weighted by molar-refractivity contribution is -0.125. The zero-order valence-corrected chi connectivity index (χ0v) is 11.5. The fourth-order valence-corrected chi connectivity index (χ4v) is 2.39. The maximum Gasteiger partial charge on any atom is 0.321 e. The molecule has 3 N–H and O–H groups in total. The van der Waals surface area contributed by atoms with E-state index in [1.54, 1.807) is 0 Å². The van der Waals surface area contributed by atoms with Gasteiger partial charge in [0.2, 0.25) is 5.91 Å². The second-order valence-corrected chi connectivity index (χ2v) is 4.62. The first-order valence-electron chi connectivity index (χ1n) is 6.59. The van der Waals surface area contributed by atoms with Gasteiger partial charge in [0, 0.05) is 19.1 Å². The van der Waals surface area contributed by atoms with Crippen LogP contribution < -0.4 is 16.0 Å². The van der Waals surface area contributed by atoms with Gasteiger partial charge in [-0.2, -0.15) is 0 Å². The standard InChI is InChI=1S/C12H24N4O2/c1-4-14-12(18)15-11(17)9(2)16-7-5-6-10(16)8-13-3/h9-10,13H,4-8H2,1-3H3,(H2,14,15,17,18). The van der Waals surface area contributed by atoms with Crippen LogP contribution >= 0.6 is 0 Å². The molecule has 0 aromatic heterocycles. The number of urea groups is 1. The number of carbonyl (C=O) groups is 2. The number of likely N-dealkylation sites (N-methyl/N-ethyl adjacent to an activating group) is 1. The average Bonchev–Trinajstić information content (AvgIpc) is 2.77. The lowest BCUT2D eigenvalue weighted by Crippen LogP contribution is -2.52. The van der Waals surface area contributed by atoms with Gasteiger partial charge in [0.1, 0.15) is 0 Å². The van der Waals surface area contributed by atoms with E-state index in [4.69, 9.17) is 0 Å². The quantitative estimate of drug-likeness (QED) is 0.642. The van der Waals surface area contributed by atoms with Crippen LogP contribution in [0.15, 0.2) is 0 Å². The molecule has 1 fully saturated rings. The van der Waals surface area contributed by atoms with Gasteiger partial charge in [-0.15, -0.1) is 0 Å². The Bertz CT molecular complexity index is 296. The molecule has 0 aliphatic carbocycles. The van der Waals surface area contributed by atoms with Gasteiger partial charge in [0.25, 0.3) is 0 Å². The summed E-state index contributed by atoms with van der Waals surface area (Å²) in [5, 5.41) is 8.07. The Balaban J connectivity index is 2.49. The second-order valence-electron chi connectivity index (χ2n) is 4.62. The molecule has 0 radical (unpaired) electrons. The summed E-state index contributed by atoms with van der Waals surface area (Å²) in [4.78, 5) is 25.4. The predicted molar refractivity (Wildman–Crippen MR) is 70.3 cm³/mol. The van der Waals surface area contributed by atoms with E-state index in [2.05, 4.69) is 20.9 Å². The summed E-state index contributed by atoms with van der Waals surface area (Å²) in [5.41, 5.74) is 0. The summed E-state index contributed by atoms with van der Waals surface area (Å²) in [6, 6.07) is -0.308. The molecule has 2 unspecified atom stereocenters. The minimum atomic E-state index is -0.418. The van der Waals surface area contributed by atoms with Crippen LogP contribution in [-0.4, -0.2) is 55.6 Å². The van der Waals surface area contributed by atoms with E-state index in [0.717, 1.165) is 25.9 Å². The van der Waals surface area contributed by atoms with E-state index < -0.39 is 6.03 Å². The van der Waals surface area contributed by atoms with E-state index in [9.17, 15) is 9.59 Å². The Morgan fingerprint density at radius 1 is 1.44 bits per heavy atom. The highest BCUT2D eigenvalue weighted by atomic mass is 16.2. The van der Waals surface area contributed by atoms with Crippen molar-refractivity contribution in [2.45, 2.75) is 38.8 Å². The number of hydrogen-bond acceptors (Lipinski definition) is 4. The van der Waals surface area contributed by atoms with Gasteiger partial charge in [-0.25, -0.2) is 4.79 Å². The number of amides is 3. The summed E-state index contributed by atoms with van der Waals surface area (Å²) in [7, 11) is 1.91. The summed E-state index contributed by atoms with van der Waals surface area (Å²) >= 11 is 0. The molecular formula is C12H24N4O2. The molecule has 18 heavy (non-hydrogen) atoms. The Labute approximate surface area is 108 Å². The molecule has 0 aromatic carbocycles. The van der Waals surface area contributed by atoms with Crippen molar-refractivity contribution in [2.24, 2.45) is 0 Å². The van der Waals surface area contributed by atoms with Crippen LogP contribution in [0.4, 0.5) is 4.79 Å². The van der Waals surface area contributed by atoms with Gasteiger partial charge in [-0.05, 0) is 40.3 Å². The zero-order chi connectivity index (χ0) is 13.5. The number of hydrogen-bond donors (Lipinski definition) is 3. The van der Waals surface area contributed by atoms with Crippen LogP contribution in [0.1, 0.15) is 26.7 Å². The smallest absolute Gasteiger partial charge is 0.321 e. The largest absolute Gasteiger partial charge is 0.338 e. The van der Waals surface area contributed by atoms with Crippen molar-refractivity contribution >= 4 is 11.9 Å². The summed E-state index contributed by atoms with van der Waals surface area (Å²) in [5.74, 6) is -0.232. The molecule has 1 heterocycles. The Morgan fingerprint density at radius 3 is 2.78 bits per heavy atom. The number of imide groups is 1. The SMILES string of the molecule is CCNC(=O)NC(=O)C(C)N1CCCC1CNC. The Hall–Kier alpha value is -1.14. The fraction of sp³-hybridized carbons (Fsp3) is 0.833. The van der Waals surface area contributed by atoms with Crippen molar-refractivity contribution in [3.05, 3.63) is 0 Å². The van der Waals surface area contributed by atoms with Crippen LogP contribution in [0, 0.1) is 0 Å². The second kappa shape index (κ2) is 7.33. The zero-order valence-electron chi connectivity index (χ0n) is 11.5. The highest BCUT2D eigenvalue weighted by Gasteiger charge is 2.31. The molecule has 104 valence electrons. The molecule has 1 aliphatic rings. The monoisotopic (exact) mass is 256 g/mol. The van der Waals surface area contributed by atoms with E-state index in [-0.39, 0.29) is 11.9 Å². The molecule has 0 aromatic rings. The molecule has 0 saturated carbocycles. The highest BCUT2D eigenvalue weighted by molar-refractivity contribution is 5.96. The normalized spacial score (nSPS) is 21.6. The van der Waals surface area contributed by atoms with Crippen LogP contribution in [0.25, 0.3) is 0 Å². The number of nitrogens with zero attached hydrogens (tertiary/aromatic N) is 1. The van der Waals surface area contributed by atoms with Crippen molar-refractivity contribution in [3.63, 3.8) is 0 Å². The van der Waals surface area contributed by atoms with Gasteiger partial charge in [-0.3, -0.25) is 15.0 Å². The molecular weight excluding hydrogens is 232 g/mol. The van der Waals surface area contributed by atoms with E-state index in [1.807, 2.05) is 20.9 Å². The van der Waals surface area contributed by atoms with Crippen molar-refractivity contribution < 1.29 is 9.59 Å².